The van der Waals surface area contributed by atoms with Gasteiger partial charge in [-0.1, -0.05) is 27.4 Å². The first kappa shape index (κ1) is 33.5. The van der Waals surface area contributed by atoms with Crippen LogP contribution in [0.25, 0.3) is 0 Å². The molecule has 0 aliphatic heterocycles. The number of hydrogen-bond donors (Lipinski definition) is 4. The summed E-state index contributed by atoms with van der Waals surface area (Å²) in [6, 6.07) is 1.10. The maximum absolute atomic E-state index is 9.66. The molecule has 0 aliphatic rings. The molecule has 0 saturated carbocycles. The Hall–Kier alpha value is -1.11. The van der Waals surface area contributed by atoms with Crippen LogP contribution in [0.2, 0.25) is 0 Å². The van der Waals surface area contributed by atoms with Crippen LogP contribution in [0.15, 0.2) is 12.8 Å². The molecule has 0 radical (unpaired) electrons. The van der Waals surface area contributed by atoms with Crippen molar-refractivity contribution in [1.82, 2.24) is 10.6 Å². The average Bonchev–Trinajstić information content (AvgIpc) is 2.50. The summed E-state index contributed by atoms with van der Waals surface area (Å²) >= 11 is 0. The van der Waals surface area contributed by atoms with E-state index in [0.717, 1.165) is 25.7 Å². The minimum atomic E-state index is 0. The van der Waals surface area contributed by atoms with Crippen molar-refractivity contribution in [1.29, 1.82) is 0 Å². The van der Waals surface area contributed by atoms with Crippen molar-refractivity contribution in [3.05, 3.63) is 12.8 Å². The third-order valence-electron chi connectivity index (χ3n) is 2.44. The molecule has 0 aromatic rings. The topological polar surface area (TPSA) is 110 Å². The Morgan fingerprint density at radius 1 is 0.957 bits per heavy atom. The molecular formula is C16H40ClN4O2+. The molecule has 142 valence electrons. The van der Waals surface area contributed by atoms with Gasteiger partial charge < -0.3 is 22.1 Å². The van der Waals surface area contributed by atoms with Crippen LogP contribution in [-0.2, 0) is 9.59 Å². The van der Waals surface area contributed by atoms with E-state index in [1.165, 1.54) is 6.20 Å². The Labute approximate surface area is 150 Å². The van der Waals surface area contributed by atoms with E-state index in [1.54, 1.807) is 0 Å². The molecule has 0 aliphatic carbocycles. The van der Waals surface area contributed by atoms with Crippen LogP contribution in [0.1, 0.15) is 62.2 Å². The third-order valence-corrected chi connectivity index (χ3v) is 2.44. The van der Waals surface area contributed by atoms with Gasteiger partial charge in [-0.3, -0.25) is 9.59 Å². The van der Waals surface area contributed by atoms with E-state index in [-0.39, 0.29) is 13.8 Å². The quantitative estimate of drug-likeness (QED) is 0.525. The zero-order chi connectivity index (χ0) is 18.4. The number of nitrogens with one attached hydrogen (secondary N) is 2. The summed E-state index contributed by atoms with van der Waals surface area (Å²) in [5.41, 5.74) is 10.6. The molecule has 6 N–H and O–H groups in total. The van der Waals surface area contributed by atoms with Gasteiger partial charge in [0.2, 0.25) is 12.8 Å². The fraction of sp³-hybridized carbons (Fsp3) is 0.750. The van der Waals surface area contributed by atoms with Crippen LogP contribution >= 0.6 is 12.4 Å². The van der Waals surface area contributed by atoms with E-state index in [2.05, 4.69) is 31.1 Å². The van der Waals surface area contributed by atoms with Gasteiger partial charge in [-0.05, 0) is 46.2 Å². The number of halogens is 1. The standard InChI is InChI=1S/C5H11NO.2C4H11N.C3H5NO.ClH/c1-3-5(2)6-4-7;2*1-3-4(2)5;1-2-4-3-5;/h4-5H,3H2,1-2H3,(H,6,7);2*4H,3,5H2,1-2H3;2-3H,1H2,(H,4,5);1H/p+1. The molecule has 0 bridgehead atoms. The van der Waals surface area contributed by atoms with Crippen LogP contribution in [0, 0.1) is 0 Å². The first-order chi connectivity index (χ1) is 10.3. The van der Waals surface area contributed by atoms with E-state index in [1.807, 2.05) is 27.7 Å². The lowest BCUT2D eigenvalue weighted by Crippen LogP contribution is -2.22. The summed E-state index contributed by atoms with van der Waals surface area (Å²) in [6.07, 6.45) is 5.77. The molecule has 0 saturated heterocycles. The lowest BCUT2D eigenvalue weighted by Gasteiger charge is -2.02. The minimum Gasteiger partial charge on any atom is -0.356 e. The summed E-state index contributed by atoms with van der Waals surface area (Å²) in [5.74, 6) is 0. The van der Waals surface area contributed by atoms with Gasteiger partial charge in [0.05, 0.1) is 0 Å². The lowest BCUT2D eigenvalue weighted by atomic mass is 10.3. The van der Waals surface area contributed by atoms with E-state index < -0.39 is 0 Å². The van der Waals surface area contributed by atoms with Gasteiger partial charge in [0, 0.05) is 18.1 Å². The predicted molar refractivity (Wildman–Crippen MR) is 105 cm³/mol. The summed E-state index contributed by atoms with van der Waals surface area (Å²) in [5, 5.41) is 4.81. The molecule has 0 rings (SSSR count). The van der Waals surface area contributed by atoms with Crippen LogP contribution in [0.5, 0.6) is 0 Å². The molecule has 3 atom stereocenters. The van der Waals surface area contributed by atoms with Crippen molar-refractivity contribution in [2.24, 2.45) is 11.5 Å². The second kappa shape index (κ2) is 32.7. The molecular weight excluding hydrogens is 316 g/mol. The Bertz CT molecular complexity index is 220. The van der Waals surface area contributed by atoms with Crippen LogP contribution in [0.4, 0.5) is 0 Å². The van der Waals surface area contributed by atoms with E-state index in [9.17, 15) is 9.59 Å². The molecule has 0 aromatic carbocycles. The van der Waals surface area contributed by atoms with Crippen LogP contribution < -0.4 is 22.1 Å². The largest absolute Gasteiger partial charge is 1.00 e. The zero-order valence-corrected chi connectivity index (χ0v) is 16.5. The fourth-order valence-corrected chi connectivity index (χ4v) is 0.282. The lowest BCUT2D eigenvalue weighted by molar-refractivity contribution is -0.110. The first-order valence-electron chi connectivity index (χ1n) is 7.78. The molecule has 7 heteroatoms. The number of carbonyl (C=O) groups is 2. The molecule has 0 fully saturated rings. The molecule has 0 aromatic heterocycles. The highest BCUT2D eigenvalue weighted by Gasteiger charge is 1.89. The molecule has 0 heterocycles. The Morgan fingerprint density at radius 2 is 1.30 bits per heavy atom. The van der Waals surface area contributed by atoms with Crippen molar-refractivity contribution >= 4 is 25.2 Å². The van der Waals surface area contributed by atoms with Gasteiger partial charge in [-0.25, -0.2) is 0 Å². The SMILES string of the molecule is C=CNC=O.CCC(C)N.CCC(C)N.CCC(C)NC=O.Cl.[H+]. The van der Waals surface area contributed by atoms with Gasteiger partial charge in [0.15, 0.2) is 0 Å². The van der Waals surface area contributed by atoms with Crippen LogP contribution in [-0.4, -0.2) is 30.9 Å². The molecule has 6 nitrogen and oxygen atoms in total. The summed E-state index contributed by atoms with van der Waals surface area (Å²) in [6.45, 7) is 15.4. The molecule has 2 amide bonds. The Morgan fingerprint density at radius 3 is 1.35 bits per heavy atom. The van der Waals surface area contributed by atoms with Crippen molar-refractivity contribution in [2.45, 2.75) is 78.9 Å². The third kappa shape index (κ3) is 76.2. The van der Waals surface area contributed by atoms with Gasteiger partial charge in [-0.2, -0.15) is 0 Å². The van der Waals surface area contributed by atoms with Crippen molar-refractivity contribution in [3.8, 4) is 0 Å². The normalized spacial score (nSPS) is 11.7. The van der Waals surface area contributed by atoms with Gasteiger partial charge in [0.1, 0.15) is 0 Å². The summed E-state index contributed by atoms with van der Waals surface area (Å²) < 4.78 is 0. The highest BCUT2D eigenvalue weighted by Crippen LogP contribution is 1.82. The monoisotopic (exact) mass is 355 g/mol. The molecule has 0 spiro atoms. The summed E-state index contributed by atoms with van der Waals surface area (Å²) in [4.78, 5) is 18.9. The number of carbonyl (C=O) groups excluding carboxylic acids is 2. The highest BCUT2D eigenvalue weighted by atomic mass is 35.5. The molecule has 23 heavy (non-hydrogen) atoms. The number of rotatable bonds is 7. The van der Waals surface area contributed by atoms with Gasteiger partial charge >= 0.3 is 1.43 Å². The maximum Gasteiger partial charge on any atom is 1.00 e. The van der Waals surface area contributed by atoms with E-state index in [0.29, 0.717) is 24.5 Å². The fourth-order valence-electron chi connectivity index (χ4n) is 0.282. The van der Waals surface area contributed by atoms with Crippen molar-refractivity contribution in [2.75, 3.05) is 0 Å². The number of hydrogen-bond acceptors (Lipinski definition) is 4. The smallest absolute Gasteiger partial charge is 0.356 e. The second-order valence-corrected chi connectivity index (χ2v) is 4.85. The second-order valence-electron chi connectivity index (χ2n) is 4.85. The minimum absolute atomic E-state index is 0. The zero-order valence-electron chi connectivity index (χ0n) is 16.7. The Kier molecular flexibility index (Phi) is 47.7. The highest BCUT2D eigenvalue weighted by molar-refractivity contribution is 5.85. The van der Waals surface area contributed by atoms with Crippen molar-refractivity contribution < 1.29 is 11.0 Å². The average molecular weight is 356 g/mol. The van der Waals surface area contributed by atoms with Crippen LogP contribution in [0.3, 0.4) is 0 Å². The molecule has 3 unspecified atom stereocenters. The Balaban J connectivity index is -0.0000000443. The number of amides is 2. The summed E-state index contributed by atoms with van der Waals surface area (Å²) in [7, 11) is 0. The van der Waals surface area contributed by atoms with Gasteiger partial charge in [-0.15, -0.1) is 12.4 Å². The van der Waals surface area contributed by atoms with Gasteiger partial charge in [0.25, 0.3) is 0 Å². The maximum atomic E-state index is 9.66. The van der Waals surface area contributed by atoms with Crippen molar-refractivity contribution in [3.63, 3.8) is 0 Å². The van der Waals surface area contributed by atoms with E-state index >= 15 is 0 Å². The number of nitrogens with two attached hydrogens (primary N) is 2. The predicted octanol–water partition coefficient (Wildman–Crippen LogP) is 2.43. The first-order valence-corrected chi connectivity index (χ1v) is 7.78. The van der Waals surface area contributed by atoms with E-state index in [4.69, 9.17) is 11.5 Å².